The minimum Gasteiger partial charge on any atom is -0.385 e. The van der Waals surface area contributed by atoms with Crippen LogP contribution in [0.4, 0.5) is 0 Å². The summed E-state index contributed by atoms with van der Waals surface area (Å²) in [6.45, 7) is 5.95. The van der Waals surface area contributed by atoms with Crippen LogP contribution in [0.25, 0.3) is 10.9 Å². The van der Waals surface area contributed by atoms with Gasteiger partial charge in [0.25, 0.3) is 0 Å². The number of nitrogens with one attached hydrogen (secondary N) is 3. The second-order valence-corrected chi connectivity index (χ2v) is 7.71. The van der Waals surface area contributed by atoms with Crippen LogP contribution in [0, 0.1) is 0 Å². The monoisotopic (exact) mass is 415 g/mol. The van der Waals surface area contributed by atoms with E-state index >= 15 is 0 Å². The molecule has 1 aliphatic heterocycles. The van der Waals surface area contributed by atoms with Gasteiger partial charge in [0.05, 0.1) is 13.1 Å². The molecular formula is C22H33N5O3. The van der Waals surface area contributed by atoms with Gasteiger partial charge in [-0.1, -0.05) is 18.2 Å². The van der Waals surface area contributed by atoms with Crippen molar-refractivity contribution in [2.24, 2.45) is 0 Å². The molecule has 2 aromatic rings. The smallest absolute Gasteiger partial charge is 0.234 e. The van der Waals surface area contributed by atoms with Gasteiger partial charge in [0.15, 0.2) is 0 Å². The highest BCUT2D eigenvalue weighted by atomic mass is 16.5. The molecule has 1 aromatic heterocycles. The Morgan fingerprint density at radius 3 is 2.30 bits per heavy atom. The van der Waals surface area contributed by atoms with Crippen molar-refractivity contribution in [2.45, 2.75) is 12.8 Å². The Morgan fingerprint density at radius 1 is 1.00 bits per heavy atom. The van der Waals surface area contributed by atoms with Gasteiger partial charge in [-0.05, 0) is 24.5 Å². The highest BCUT2D eigenvalue weighted by Gasteiger charge is 2.20. The van der Waals surface area contributed by atoms with E-state index in [-0.39, 0.29) is 11.8 Å². The van der Waals surface area contributed by atoms with Crippen LogP contribution in [0.1, 0.15) is 12.0 Å². The Kier molecular flexibility index (Phi) is 8.67. The lowest BCUT2D eigenvalue weighted by molar-refractivity contribution is -0.125. The molecule has 3 rings (SSSR count). The molecule has 0 radical (unpaired) electrons. The van der Waals surface area contributed by atoms with Gasteiger partial charge in [-0.2, -0.15) is 0 Å². The first-order chi connectivity index (χ1) is 14.7. The van der Waals surface area contributed by atoms with Crippen LogP contribution in [0.2, 0.25) is 0 Å². The quantitative estimate of drug-likeness (QED) is 0.468. The SMILES string of the molecule is COCCCNC(=O)CN1CCN(CC(=O)NCCc2c[nH]c3ccccc23)CC1. The van der Waals surface area contributed by atoms with Crippen LogP contribution < -0.4 is 10.6 Å². The minimum absolute atomic E-state index is 0.0505. The average molecular weight is 416 g/mol. The molecule has 0 unspecified atom stereocenters. The number of rotatable bonds is 11. The predicted octanol–water partition coefficient (Wildman–Crippen LogP) is 0.597. The van der Waals surface area contributed by atoms with Gasteiger partial charge >= 0.3 is 0 Å². The predicted molar refractivity (Wildman–Crippen MR) is 117 cm³/mol. The van der Waals surface area contributed by atoms with Crippen LogP contribution in [0.5, 0.6) is 0 Å². The van der Waals surface area contributed by atoms with Crippen LogP contribution in [-0.2, 0) is 20.7 Å². The first kappa shape index (κ1) is 22.3. The standard InChI is InChI=1S/C22H33N5O3/c1-30-14-4-8-23-21(28)16-26-10-12-27(13-11-26)17-22(29)24-9-7-18-15-25-20-6-3-2-5-19(18)20/h2-3,5-6,15,25H,4,7-14,16-17H2,1H3,(H,23,28)(H,24,29). The van der Waals surface area contributed by atoms with E-state index in [0.29, 0.717) is 32.8 Å². The van der Waals surface area contributed by atoms with Crippen LogP contribution >= 0.6 is 0 Å². The fourth-order valence-electron chi connectivity index (χ4n) is 3.74. The number of ether oxygens (including phenoxy) is 1. The van der Waals surface area contributed by atoms with Crippen molar-refractivity contribution in [2.75, 3.05) is 66.1 Å². The number of carbonyl (C=O) groups is 2. The number of nitrogens with zero attached hydrogens (tertiary/aromatic N) is 2. The highest BCUT2D eigenvalue weighted by molar-refractivity contribution is 5.83. The van der Waals surface area contributed by atoms with Gasteiger partial charge in [-0.25, -0.2) is 0 Å². The molecule has 8 heteroatoms. The van der Waals surface area contributed by atoms with E-state index in [2.05, 4.69) is 37.6 Å². The topological polar surface area (TPSA) is 89.7 Å². The molecule has 30 heavy (non-hydrogen) atoms. The number of para-hydroxylation sites is 1. The highest BCUT2D eigenvalue weighted by Crippen LogP contribution is 2.17. The lowest BCUT2D eigenvalue weighted by Gasteiger charge is -2.33. The Hall–Kier alpha value is -2.42. The van der Waals surface area contributed by atoms with E-state index in [1.165, 1.54) is 10.9 Å². The second kappa shape index (κ2) is 11.7. The number of aromatic nitrogens is 1. The summed E-state index contributed by atoms with van der Waals surface area (Å²) in [5.41, 5.74) is 2.35. The number of fused-ring (bicyclic) bond motifs is 1. The van der Waals surface area contributed by atoms with Gasteiger partial charge in [0.1, 0.15) is 0 Å². The lowest BCUT2D eigenvalue weighted by Crippen LogP contribution is -2.51. The third-order valence-corrected chi connectivity index (χ3v) is 5.44. The van der Waals surface area contributed by atoms with Crippen molar-refractivity contribution in [1.29, 1.82) is 0 Å². The summed E-state index contributed by atoms with van der Waals surface area (Å²) in [5.74, 6) is 0.105. The largest absolute Gasteiger partial charge is 0.385 e. The molecule has 8 nitrogen and oxygen atoms in total. The molecule has 0 spiro atoms. The van der Waals surface area contributed by atoms with Gasteiger partial charge < -0.3 is 20.4 Å². The fraction of sp³-hybridized carbons (Fsp3) is 0.545. The Morgan fingerprint density at radius 2 is 1.63 bits per heavy atom. The summed E-state index contributed by atoms with van der Waals surface area (Å²) in [7, 11) is 1.66. The number of amides is 2. The van der Waals surface area contributed by atoms with Crippen molar-refractivity contribution < 1.29 is 14.3 Å². The number of benzene rings is 1. The summed E-state index contributed by atoms with van der Waals surface area (Å²) in [6, 6.07) is 8.20. The van der Waals surface area contributed by atoms with Gasteiger partial charge in [0, 0.05) is 70.1 Å². The zero-order valence-electron chi connectivity index (χ0n) is 17.8. The maximum atomic E-state index is 12.3. The Balaban J connectivity index is 1.29. The van der Waals surface area contributed by atoms with Crippen molar-refractivity contribution in [1.82, 2.24) is 25.4 Å². The third kappa shape index (κ3) is 6.83. The van der Waals surface area contributed by atoms with Crippen molar-refractivity contribution >= 4 is 22.7 Å². The molecule has 0 aliphatic carbocycles. The summed E-state index contributed by atoms with van der Waals surface area (Å²) in [5, 5.41) is 7.15. The Bertz CT molecular complexity index is 814. The molecule has 1 aliphatic rings. The number of carbonyl (C=O) groups excluding carboxylic acids is 2. The molecule has 3 N–H and O–H groups in total. The number of hydrogen-bond acceptors (Lipinski definition) is 5. The molecule has 1 saturated heterocycles. The molecule has 0 bridgehead atoms. The molecule has 0 atom stereocenters. The maximum Gasteiger partial charge on any atom is 0.234 e. The van der Waals surface area contributed by atoms with Crippen molar-refractivity contribution in [3.05, 3.63) is 36.0 Å². The van der Waals surface area contributed by atoms with Crippen molar-refractivity contribution in [3.8, 4) is 0 Å². The first-order valence-electron chi connectivity index (χ1n) is 10.7. The fourth-order valence-corrected chi connectivity index (χ4v) is 3.74. The maximum absolute atomic E-state index is 12.3. The normalized spacial score (nSPS) is 15.4. The van der Waals surface area contributed by atoms with E-state index in [9.17, 15) is 9.59 Å². The zero-order valence-corrected chi connectivity index (χ0v) is 17.8. The van der Waals surface area contributed by atoms with E-state index in [0.717, 1.165) is 44.5 Å². The third-order valence-electron chi connectivity index (χ3n) is 5.44. The molecule has 164 valence electrons. The van der Waals surface area contributed by atoms with Crippen LogP contribution in [-0.4, -0.2) is 92.7 Å². The molecule has 0 saturated carbocycles. The second-order valence-electron chi connectivity index (χ2n) is 7.71. The summed E-state index contributed by atoms with van der Waals surface area (Å²) in [6.07, 6.45) is 3.65. The number of H-pyrrole nitrogens is 1. The van der Waals surface area contributed by atoms with E-state index in [1.807, 2.05) is 18.3 Å². The molecule has 1 fully saturated rings. The first-order valence-corrected chi connectivity index (χ1v) is 10.7. The van der Waals surface area contributed by atoms with E-state index in [4.69, 9.17) is 4.74 Å². The van der Waals surface area contributed by atoms with E-state index in [1.54, 1.807) is 7.11 Å². The lowest BCUT2D eigenvalue weighted by atomic mass is 10.1. The Labute approximate surface area is 177 Å². The number of aromatic amines is 1. The van der Waals surface area contributed by atoms with Gasteiger partial charge in [-0.3, -0.25) is 19.4 Å². The van der Waals surface area contributed by atoms with E-state index < -0.39 is 0 Å². The van der Waals surface area contributed by atoms with Gasteiger partial charge in [-0.15, -0.1) is 0 Å². The number of piperazine rings is 1. The van der Waals surface area contributed by atoms with Crippen molar-refractivity contribution in [3.63, 3.8) is 0 Å². The summed E-state index contributed by atoms with van der Waals surface area (Å²) in [4.78, 5) is 31.8. The zero-order chi connectivity index (χ0) is 21.2. The van der Waals surface area contributed by atoms with Gasteiger partial charge in [0.2, 0.25) is 11.8 Å². The average Bonchev–Trinajstić information content (AvgIpc) is 3.16. The van der Waals surface area contributed by atoms with Crippen LogP contribution in [0.15, 0.2) is 30.5 Å². The molecule has 2 amide bonds. The minimum atomic E-state index is 0.0505. The number of methoxy groups -OCH3 is 1. The summed E-state index contributed by atoms with van der Waals surface area (Å²) >= 11 is 0. The summed E-state index contributed by atoms with van der Waals surface area (Å²) < 4.78 is 4.98. The molecule has 1 aromatic carbocycles. The molecule has 2 heterocycles. The molecular weight excluding hydrogens is 382 g/mol. The van der Waals surface area contributed by atoms with Crippen LogP contribution in [0.3, 0.4) is 0 Å². The number of hydrogen-bond donors (Lipinski definition) is 3.